The van der Waals surface area contributed by atoms with Gasteiger partial charge in [-0.15, -0.1) is 0 Å². The Morgan fingerprint density at radius 1 is 0.388 bits per heavy atom. The first kappa shape index (κ1) is 76.7. The normalized spacial score (nSPS) is 13.9. The van der Waals surface area contributed by atoms with Gasteiger partial charge in [-0.05, 0) is 96.3 Å². The summed E-state index contributed by atoms with van der Waals surface area (Å²) in [6.07, 6.45) is 84.3. The second kappa shape index (κ2) is 60.3. The minimum Gasteiger partial charge on any atom is -0.756 e. The maximum Gasteiger partial charge on any atom is 0.306 e. The maximum atomic E-state index is 12.8. The summed E-state index contributed by atoms with van der Waals surface area (Å²) in [4.78, 5) is 38.0. The molecule has 0 aliphatic carbocycles. The van der Waals surface area contributed by atoms with Crippen LogP contribution in [-0.2, 0) is 32.7 Å². The first-order chi connectivity index (χ1) is 39.0. The van der Waals surface area contributed by atoms with Crippen molar-refractivity contribution >= 4 is 19.8 Å². The van der Waals surface area contributed by atoms with Crippen LogP contribution in [-0.4, -0.2) is 70.0 Å². The Kier molecular flexibility index (Phi) is 57.8. The number of allylic oxidation sites excluding steroid dienone is 18. The molecule has 0 bridgehead atoms. The largest absolute Gasteiger partial charge is 0.756 e. The van der Waals surface area contributed by atoms with Gasteiger partial charge in [0.15, 0.2) is 6.10 Å². The minimum atomic E-state index is -4.65. The lowest BCUT2D eigenvalue weighted by molar-refractivity contribution is -0.870. The van der Waals surface area contributed by atoms with Crippen molar-refractivity contribution in [3.63, 3.8) is 0 Å². The minimum absolute atomic E-state index is 0.0352. The van der Waals surface area contributed by atoms with Crippen molar-refractivity contribution in [2.45, 2.75) is 277 Å². The molecule has 0 spiro atoms. The van der Waals surface area contributed by atoms with Crippen molar-refractivity contribution in [3.8, 4) is 0 Å². The fraction of sp³-hybridized carbons (Fsp3) is 0.714. The second-order valence-corrected chi connectivity index (χ2v) is 24.1. The molecule has 0 aromatic heterocycles. The van der Waals surface area contributed by atoms with E-state index in [0.29, 0.717) is 17.4 Å². The van der Waals surface area contributed by atoms with Crippen LogP contribution in [0.5, 0.6) is 0 Å². The number of hydrogen-bond donors (Lipinski definition) is 0. The fourth-order valence-corrected chi connectivity index (χ4v) is 9.58. The number of nitrogens with zero attached hydrogens (tertiary/aromatic N) is 1. The summed E-state index contributed by atoms with van der Waals surface area (Å²) in [6, 6.07) is 0. The van der Waals surface area contributed by atoms with Crippen molar-refractivity contribution in [2.75, 3.05) is 47.5 Å². The first-order valence-corrected chi connectivity index (χ1v) is 34.1. The zero-order chi connectivity index (χ0) is 58.4. The van der Waals surface area contributed by atoms with E-state index in [1.165, 1.54) is 135 Å². The van der Waals surface area contributed by atoms with Crippen LogP contribution >= 0.6 is 7.82 Å². The number of carbonyl (C=O) groups is 2. The molecular weight excluding hydrogens is 1010 g/mol. The molecule has 0 fully saturated rings. The number of likely N-dealkylation sites (N-methyl/N-ethyl adjacent to an activating group) is 1. The molecule has 0 saturated heterocycles. The van der Waals surface area contributed by atoms with E-state index in [1.54, 1.807) is 0 Å². The predicted molar refractivity (Wildman–Crippen MR) is 342 cm³/mol. The number of unbranched alkanes of at least 4 members (excludes halogenated alkanes) is 27. The standard InChI is InChI=1S/C70H122NO8P/c1-6-8-10-12-14-16-18-20-22-24-26-28-30-32-34-35-37-38-40-42-44-46-48-50-52-54-56-58-60-62-69(72)76-66-68(67-78-80(74,75)77-65-64-71(3,4)5)79-70(73)63-61-59-57-55-53-51-49-47-45-43-41-39-36-33-31-29-27-25-23-21-19-17-15-13-11-9-7-2/h8-11,14-17,20-23,26-29,33,36,68H,6-7,12-13,18-19,24-25,30-32,34-35,37-67H2,1-5H3/b10-8-,11-9-,16-14-,17-15-,22-20-,23-21-,28-26-,29-27-,36-33-. The second-order valence-electron chi connectivity index (χ2n) is 22.7. The average Bonchev–Trinajstić information content (AvgIpc) is 3.42. The van der Waals surface area contributed by atoms with Crippen molar-refractivity contribution < 1.29 is 42.1 Å². The van der Waals surface area contributed by atoms with Crippen LogP contribution in [0.25, 0.3) is 0 Å². The molecule has 10 heteroatoms. The Bertz CT molecular complexity index is 1720. The van der Waals surface area contributed by atoms with Crippen molar-refractivity contribution in [1.29, 1.82) is 0 Å². The van der Waals surface area contributed by atoms with Gasteiger partial charge in [-0.1, -0.05) is 271 Å². The summed E-state index contributed by atoms with van der Waals surface area (Å²) in [5.41, 5.74) is 0. The Morgan fingerprint density at radius 3 is 1.00 bits per heavy atom. The molecule has 460 valence electrons. The van der Waals surface area contributed by atoms with Crippen LogP contribution in [0.3, 0.4) is 0 Å². The van der Waals surface area contributed by atoms with E-state index < -0.39 is 26.5 Å². The van der Waals surface area contributed by atoms with Gasteiger partial charge in [0, 0.05) is 12.8 Å². The van der Waals surface area contributed by atoms with Crippen LogP contribution < -0.4 is 4.89 Å². The molecule has 0 aromatic carbocycles. The number of quaternary nitrogens is 1. The SMILES string of the molecule is CC/C=C\C/C=C\C/C=C\C/C=C\C/C=C\CCCCCCCCCCCCCC(=O)OC(COC(=O)CCCCCCCCCCCCCCCCCC/C=C\C/C=C\C/C=C\C/C=C\CC)COP(=O)([O-])OCC[N+](C)(C)C. The highest BCUT2D eigenvalue weighted by atomic mass is 31.2. The van der Waals surface area contributed by atoms with Gasteiger partial charge in [-0.2, -0.15) is 0 Å². The molecule has 0 N–H and O–H groups in total. The fourth-order valence-electron chi connectivity index (χ4n) is 8.85. The van der Waals surface area contributed by atoms with Crippen molar-refractivity contribution in [1.82, 2.24) is 0 Å². The van der Waals surface area contributed by atoms with Gasteiger partial charge in [-0.3, -0.25) is 14.2 Å². The molecule has 0 heterocycles. The van der Waals surface area contributed by atoms with Crippen LogP contribution in [0.4, 0.5) is 0 Å². The number of carbonyl (C=O) groups excluding carboxylic acids is 2. The highest BCUT2D eigenvalue weighted by Crippen LogP contribution is 2.38. The molecule has 0 saturated carbocycles. The highest BCUT2D eigenvalue weighted by molar-refractivity contribution is 7.45. The van der Waals surface area contributed by atoms with E-state index in [9.17, 15) is 19.0 Å². The number of ether oxygens (including phenoxy) is 2. The number of phosphoric ester groups is 1. The third kappa shape index (κ3) is 63.8. The van der Waals surface area contributed by atoms with Gasteiger partial charge in [-0.25, -0.2) is 0 Å². The smallest absolute Gasteiger partial charge is 0.306 e. The molecule has 0 aromatic rings. The molecule has 0 rings (SSSR count). The van der Waals surface area contributed by atoms with E-state index in [0.717, 1.165) is 103 Å². The van der Waals surface area contributed by atoms with Gasteiger partial charge >= 0.3 is 11.9 Å². The van der Waals surface area contributed by atoms with Gasteiger partial charge in [0.1, 0.15) is 19.8 Å². The topological polar surface area (TPSA) is 111 Å². The van der Waals surface area contributed by atoms with Gasteiger partial charge in [0.25, 0.3) is 7.82 Å². The summed E-state index contributed by atoms with van der Waals surface area (Å²) in [5.74, 6) is -0.834. The van der Waals surface area contributed by atoms with Crippen LogP contribution in [0.1, 0.15) is 271 Å². The average molecular weight is 1140 g/mol. The molecule has 80 heavy (non-hydrogen) atoms. The third-order valence-corrected chi connectivity index (χ3v) is 14.8. The predicted octanol–water partition coefficient (Wildman–Crippen LogP) is 20.3. The third-order valence-electron chi connectivity index (χ3n) is 13.8. The highest BCUT2D eigenvalue weighted by Gasteiger charge is 2.22. The van der Waals surface area contributed by atoms with E-state index in [-0.39, 0.29) is 32.0 Å². The Balaban J connectivity index is 4.10. The molecule has 0 amide bonds. The Labute approximate surface area is 493 Å². The zero-order valence-electron chi connectivity index (χ0n) is 52.2. The molecule has 0 radical (unpaired) electrons. The quantitative estimate of drug-likeness (QED) is 0.0195. The molecule has 2 unspecified atom stereocenters. The number of rotatable bonds is 59. The summed E-state index contributed by atoms with van der Waals surface area (Å²) in [6.45, 7) is 4.03. The van der Waals surface area contributed by atoms with Crippen molar-refractivity contribution in [2.24, 2.45) is 0 Å². The monoisotopic (exact) mass is 1140 g/mol. The van der Waals surface area contributed by atoms with Crippen LogP contribution in [0, 0.1) is 0 Å². The molecule has 0 aliphatic heterocycles. The first-order valence-electron chi connectivity index (χ1n) is 32.6. The summed E-state index contributed by atoms with van der Waals surface area (Å²) in [5, 5.41) is 0. The Hall–Kier alpha value is -3.33. The van der Waals surface area contributed by atoms with E-state index in [2.05, 4.69) is 123 Å². The van der Waals surface area contributed by atoms with Crippen LogP contribution in [0.2, 0.25) is 0 Å². The molecule has 0 aliphatic rings. The molecule has 2 atom stereocenters. The summed E-state index contributed by atoms with van der Waals surface area (Å²) >= 11 is 0. The lowest BCUT2D eigenvalue weighted by Gasteiger charge is -2.28. The lowest BCUT2D eigenvalue weighted by atomic mass is 10.0. The maximum absolute atomic E-state index is 12.8. The number of esters is 2. The molecular formula is C70H122NO8P. The van der Waals surface area contributed by atoms with Crippen LogP contribution in [0.15, 0.2) is 109 Å². The van der Waals surface area contributed by atoms with Gasteiger partial charge < -0.3 is 27.9 Å². The van der Waals surface area contributed by atoms with E-state index >= 15 is 0 Å². The van der Waals surface area contributed by atoms with E-state index in [1.807, 2.05) is 21.1 Å². The van der Waals surface area contributed by atoms with Crippen molar-refractivity contribution in [3.05, 3.63) is 109 Å². The summed E-state index contributed by atoms with van der Waals surface area (Å²) in [7, 11) is 1.16. The Morgan fingerprint density at radius 2 is 0.675 bits per heavy atom. The summed E-state index contributed by atoms with van der Waals surface area (Å²) < 4.78 is 34.3. The van der Waals surface area contributed by atoms with E-state index in [4.69, 9.17) is 18.5 Å². The lowest BCUT2D eigenvalue weighted by Crippen LogP contribution is -2.37. The zero-order valence-corrected chi connectivity index (χ0v) is 53.1. The van der Waals surface area contributed by atoms with Gasteiger partial charge in [0.05, 0.1) is 27.7 Å². The number of phosphoric acid groups is 1. The number of hydrogen-bond acceptors (Lipinski definition) is 8. The molecule has 9 nitrogen and oxygen atoms in total. The van der Waals surface area contributed by atoms with Gasteiger partial charge in [0.2, 0.25) is 0 Å².